The van der Waals surface area contributed by atoms with E-state index in [9.17, 15) is 14.3 Å². The minimum absolute atomic E-state index is 0.333. The van der Waals surface area contributed by atoms with Crippen molar-refractivity contribution in [2.45, 2.75) is 12.6 Å². The second-order valence-corrected chi connectivity index (χ2v) is 5.45. The van der Waals surface area contributed by atoms with Gasteiger partial charge in [0, 0.05) is 18.4 Å². The third-order valence-corrected chi connectivity index (χ3v) is 2.97. The van der Waals surface area contributed by atoms with Gasteiger partial charge >= 0.3 is 6.03 Å². The molecule has 1 aromatic heterocycles. The Kier molecular flexibility index (Phi) is 5.67. The molecule has 0 saturated carbocycles. The second kappa shape index (κ2) is 7.70. The van der Waals surface area contributed by atoms with Gasteiger partial charge in [-0.05, 0) is 38.4 Å². The predicted octanol–water partition coefficient (Wildman–Crippen LogP) is 1.59. The summed E-state index contributed by atoms with van der Waals surface area (Å²) in [5, 5.41) is 19.1. The topological polar surface area (TPSA) is 82.4 Å². The van der Waals surface area contributed by atoms with Gasteiger partial charge in [0.05, 0.1) is 24.5 Å². The number of hydrogen-bond donors (Lipinski definition) is 3. The zero-order valence-electron chi connectivity index (χ0n) is 13.0. The number of aromatic nitrogens is 2. The minimum Gasteiger partial charge on any atom is -0.390 e. The maximum absolute atomic E-state index is 12.8. The summed E-state index contributed by atoms with van der Waals surface area (Å²) in [5.74, 6) is -0.367. The number of likely N-dealkylation sites (N-methyl/N-ethyl adjacent to an activating group) is 1. The summed E-state index contributed by atoms with van der Waals surface area (Å²) in [4.78, 5) is 13.7. The monoisotopic (exact) mass is 321 g/mol. The van der Waals surface area contributed by atoms with Crippen LogP contribution in [-0.4, -0.2) is 52.6 Å². The van der Waals surface area contributed by atoms with Gasteiger partial charge in [-0.3, -0.25) is 4.68 Å². The Hall–Kier alpha value is -2.45. The van der Waals surface area contributed by atoms with Gasteiger partial charge < -0.3 is 20.6 Å². The van der Waals surface area contributed by atoms with Crippen molar-refractivity contribution >= 4 is 17.4 Å². The third kappa shape index (κ3) is 5.68. The van der Waals surface area contributed by atoms with E-state index in [1.54, 1.807) is 10.9 Å². The fourth-order valence-corrected chi connectivity index (χ4v) is 2.05. The minimum atomic E-state index is -0.550. The zero-order valence-corrected chi connectivity index (χ0v) is 13.0. The normalized spacial score (nSPS) is 12.2. The van der Waals surface area contributed by atoms with Crippen molar-refractivity contribution in [2.24, 2.45) is 0 Å². The molecule has 124 valence electrons. The van der Waals surface area contributed by atoms with Crippen LogP contribution < -0.4 is 10.6 Å². The number of carbonyl (C=O) groups is 1. The second-order valence-electron chi connectivity index (χ2n) is 5.45. The highest BCUT2D eigenvalue weighted by atomic mass is 19.1. The number of carbonyl (C=O) groups excluding carboxylic acids is 1. The van der Waals surface area contributed by atoms with E-state index in [0.29, 0.717) is 24.5 Å². The number of hydrogen-bond acceptors (Lipinski definition) is 4. The molecule has 1 atom stereocenters. The Labute approximate surface area is 133 Å². The molecule has 0 aliphatic carbocycles. The number of nitrogens with zero attached hydrogens (tertiary/aromatic N) is 3. The number of aliphatic hydroxyl groups excluding tert-OH is 1. The summed E-state index contributed by atoms with van der Waals surface area (Å²) in [5.41, 5.74) is 0.986. The predicted molar refractivity (Wildman–Crippen MR) is 85.8 cm³/mol. The summed E-state index contributed by atoms with van der Waals surface area (Å²) in [6.45, 7) is 0.854. The summed E-state index contributed by atoms with van der Waals surface area (Å²) in [6.07, 6.45) is 2.57. The molecule has 0 radical (unpaired) electrons. The number of urea groups is 1. The van der Waals surface area contributed by atoms with E-state index in [4.69, 9.17) is 0 Å². The van der Waals surface area contributed by atoms with Crippen molar-refractivity contribution in [3.8, 4) is 0 Å². The molecule has 0 unspecified atom stereocenters. The zero-order chi connectivity index (χ0) is 16.8. The van der Waals surface area contributed by atoms with Gasteiger partial charge in [0.1, 0.15) is 5.82 Å². The van der Waals surface area contributed by atoms with Crippen molar-refractivity contribution in [1.29, 1.82) is 0 Å². The van der Waals surface area contributed by atoms with Gasteiger partial charge in [0.15, 0.2) is 0 Å². The molecule has 0 saturated heterocycles. The SMILES string of the molecule is CN(C)C[C@@H](O)Cn1cc(NC(=O)Nc2ccc(F)cc2)cn1. The lowest BCUT2D eigenvalue weighted by molar-refractivity contribution is 0.116. The fraction of sp³-hybridized carbons (Fsp3) is 0.333. The molecule has 3 N–H and O–H groups in total. The van der Waals surface area contributed by atoms with Gasteiger partial charge in [0.25, 0.3) is 0 Å². The van der Waals surface area contributed by atoms with Crippen LogP contribution in [0.1, 0.15) is 0 Å². The molecular weight excluding hydrogens is 301 g/mol. The van der Waals surface area contributed by atoms with E-state index in [2.05, 4.69) is 15.7 Å². The molecule has 2 aromatic rings. The first-order chi connectivity index (χ1) is 10.9. The number of halogens is 1. The van der Waals surface area contributed by atoms with Gasteiger partial charge in [-0.25, -0.2) is 9.18 Å². The number of rotatable bonds is 6. The van der Waals surface area contributed by atoms with Crippen molar-refractivity contribution in [2.75, 3.05) is 31.3 Å². The molecule has 0 fully saturated rings. The van der Waals surface area contributed by atoms with E-state index in [1.165, 1.54) is 30.5 Å². The lowest BCUT2D eigenvalue weighted by atomic mass is 10.3. The maximum Gasteiger partial charge on any atom is 0.323 e. The lowest BCUT2D eigenvalue weighted by Gasteiger charge is -2.15. The van der Waals surface area contributed by atoms with Crippen LogP contribution in [0.4, 0.5) is 20.6 Å². The maximum atomic E-state index is 12.8. The van der Waals surface area contributed by atoms with Crippen LogP contribution in [0.25, 0.3) is 0 Å². The molecule has 0 spiro atoms. The Balaban J connectivity index is 1.86. The van der Waals surface area contributed by atoms with Crippen LogP contribution in [0.15, 0.2) is 36.7 Å². The van der Waals surface area contributed by atoms with Crippen LogP contribution in [0.3, 0.4) is 0 Å². The number of anilines is 2. The molecule has 23 heavy (non-hydrogen) atoms. The van der Waals surface area contributed by atoms with Crippen LogP contribution in [0, 0.1) is 5.82 Å². The van der Waals surface area contributed by atoms with Gasteiger partial charge in [0.2, 0.25) is 0 Å². The van der Waals surface area contributed by atoms with Crippen molar-refractivity contribution < 1.29 is 14.3 Å². The molecule has 0 aliphatic heterocycles. The van der Waals surface area contributed by atoms with Gasteiger partial charge in [-0.1, -0.05) is 0 Å². The molecule has 0 bridgehead atoms. The highest BCUT2D eigenvalue weighted by Gasteiger charge is 2.09. The summed E-state index contributed by atoms with van der Waals surface area (Å²) >= 11 is 0. The average molecular weight is 321 g/mol. The molecule has 1 heterocycles. The first-order valence-electron chi connectivity index (χ1n) is 7.11. The van der Waals surface area contributed by atoms with Crippen LogP contribution in [0.2, 0.25) is 0 Å². The fourth-order valence-electron chi connectivity index (χ4n) is 2.05. The molecule has 0 aliphatic rings. The number of benzene rings is 1. The van der Waals surface area contributed by atoms with E-state index >= 15 is 0 Å². The standard InChI is InChI=1S/C15H20FN5O2/c1-20(2)9-14(22)10-21-8-13(7-17-21)19-15(23)18-12-5-3-11(16)4-6-12/h3-8,14,22H,9-10H2,1-2H3,(H2,18,19,23)/t14-/m1/s1. The third-order valence-electron chi connectivity index (χ3n) is 2.97. The van der Waals surface area contributed by atoms with Crippen LogP contribution in [0.5, 0.6) is 0 Å². The Bertz CT molecular complexity index is 642. The summed E-state index contributed by atoms with van der Waals surface area (Å²) in [6, 6.07) is 5.01. The summed E-state index contributed by atoms with van der Waals surface area (Å²) < 4.78 is 14.4. The molecular formula is C15H20FN5O2. The highest BCUT2D eigenvalue weighted by Crippen LogP contribution is 2.10. The highest BCUT2D eigenvalue weighted by molar-refractivity contribution is 5.99. The largest absolute Gasteiger partial charge is 0.390 e. The lowest BCUT2D eigenvalue weighted by Crippen LogP contribution is -2.29. The van der Waals surface area contributed by atoms with E-state index < -0.39 is 12.1 Å². The van der Waals surface area contributed by atoms with Crippen LogP contribution in [-0.2, 0) is 6.54 Å². The molecule has 7 nitrogen and oxygen atoms in total. The quantitative estimate of drug-likeness (QED) is 0.754. The van der Waals surface area contributed by atoms with Crippen LogP contribution >= 0.6 is 0 Å². The van der Waals surface area contributed by atoms with Crippen molar-refractivity contribution in [1.82, 2.24) is 14.7 Å². The molecule has 8 heteroatoms. The first kappa shape index (κ1) is 16.9. The van der Waals surface area contributed by atoms with E-state index in [-0.39, 0.29) is 5.82 Å². The average Bonchev–Trinajstić information content (AvgIpc) is 2.87. The first-order valence-corrected chi connectivity index (χ1v) is 7.11. The number of amides is 2. The smallest absolute Gasteiger partial charge is 0.323 e. The molecule has 1 aromatic carbocycles. The Morgan fingerprint density at radius 1 is 1.30 bits per heavy atom. The van der Waals surface area contributed by atoms with Gasteiger partial charge in [-0.15, -0.1) is 0 Å². The molecule has 2 rings (SSSR count). The van der Waals surface area contributed by atoms with Gasteiger partial charge in [-0.2, -0.15) is 5.10 Å². The Morgan fingerprint density at radius 2 is 1.96 bits per heavy atom. The van der Waals surface area contributed by atoms with E-state index in [0.717, 1.165) is 0 Å². The van der Waals surface area contributed by atoms with Crippen molar-refractivity contribution in [3.05, 3.63) is 42.5 Å². The Morgan fingerprint density at radius 3 is 2.61 bits per heavy atom. The number of aliphatic hydroxyl groups is 1. The number of nitrogens with one attached hydrogen (secondary N) is 2. The van der Waals surface area contributed by atoms with E-state index in [1.807, 2.05) is 19.0 Å². The van der Waals surface area contributed by atoms with Crippen molar-refractivity contribution in [3.63, 3.8) is 0 Å². The summed E-state index contributed by atoms with van der Waals surface area (Å²) in [7, 11) is 3.75. The molecule has 2 amide bonds.